The average molecular weight is 398 g/mol. The number of amides is 2. The second-order valence-corrected chi connectivity index (χ2v) is 8.23. The first-order valence-electron chi connectivity index (χ1n) is 10.8. The predicted octanol–water partition coefficient (Wildman–Crippen LogP) is 1.87. The van der Waals surface area contributed by atoms with Gasteiger partial charge in [-0.15, -0.1) is 0 Å². The zero-order valence-corrected chi connectivity index (χ0v) is 17.0. The summed E-state index contributed by atoms with van der Waals surface area (Å²) in [6, 6.07) is 10.6. The molecule has 0 bridgehead atoms. The van der Waals surface area contributed by atoms with Crippen molar-refractivity contribution < 1.29 is 14.3 Å². The quantitative estimate of drug-likeness (QED) is 0.761. The summed E-state index contributed by atoms with van der Waals surface area (Å²) in [7, 11) is 0. The minimum Gasteiger partial charge on any atom is -0.381 e. The molecule has 29 heavy (non-hydrogen) atoms. The zero-order valence-electron chi connectivity index (χ0n) is 17.0. The Labute approximate surface area is 173 Å². The molecule has 0 aromatic heterocycles. The first kappa shape index (κ1) is 20.1. The van der Waals surface area contributed by atoms with E-state index in [0.717, 1.165) is 45.6 Å². The van der Waals surface area contributed by atoms with E-state index in [9.17, 15) is 9.59 Å². The Bertz CT molecular complexity index is 722. The van der Waals surface area contributed by atoms with Gasteiger partial charge in [0.2, 0.25) is 11.8 Å². The molecule has 2 amide bonds. The van der Waals surface area contributed by atoms with E-state index in [1.165, 1.54) is 5.56 Å². The van der Waals surface area contributed by atoms with Crippen LogP contribution in [-0.4, -0.2) is 85.0 Å². The molecule has 3 aliphatic heterocycles. The molecule has 0 saturated carbocycles. The average Bonchev–Trinajstić information content (AvgIpc) is 3.17. The molecule has 0 radical (unpaired) electrons. The number of carbonyl (C=O) groups is 2. The SMILES string of the molecule is O=C(C1CC(=O)N(C2CCOCC2)C1)N1CCN(C/C=C/c2ccccc2)CC1. The number of nitrogens with zero attached hydrogens (tertiary/aromatic N) is 3. The van der Waals surface area contributed by atoms with Crippen LogP contribution in [0, 0.1) is 5.92 Å². The van der Waals surface area contributed by atoms with Gasteiger partial charge in [-0.05, 0) is 18.4 Å². The first-order valence-corrected chi connectivity index (χ1v) is 10.8. The standard InChI is InChI=1S/C23H31N3O3/c27-22-17-20(18-26(22)21-8-15-29-16-9-21)23(28)25-13-11-24(12-14-25)10-4-7-19-5-2-1-3-6-19/h1-7,20-21H,8-18H2/b7-4+. The third-order valence-electron chi connectivity index (χ3n) is 6.30. The Morgan fingerprint density at radius 1 is 1.07 bits per heavy atom. The smallest absolute Gasteiger partial charge is 0.228 e. The van der Waals surface area contributed by atoms with Gasteiger partial charge in [0.15, 0.2) is 0 Å². The minimum atomic E-state index is -0.171. The van der Waals surface area contributed by atoms with Crippen molar-refractivity contribution in [2.75, 3.05) is 52.5 Å². The largest absolute Gasteiger partial charge is 0.381 e. The molecule has 1 aromatic carbocycles. The molecular formula is C23H31N3O3. The van der Waals surface area contributed by atoms with Crippen LogP contribution < -0.4 is 0 Å². The molecule has 6 heteroatoms. The molecule has 3 heterocycles. The number of piperazine rings is 1. The van der Waals surface area contributed by atoms with Crippen molar-refractivity contribution in [1.29, 1.82) is 0 Å². The van der Waals surface area contributed by atoms with Gasteiger partial charge >= 0.3 is 0 Å². The van der Waals surface area contributed by atoms with Crippen molar-refractivity contribution in [3.63, 3.8) is 0 Å². The van der Waals surface area contributed by atoms with Gasteiger partial charge in [-0.2, -0.15) is 0 Å². The number of likely N-dealkylation sites (tertiary alicyclic amines) is 1. The second-order valence-electron chi connectivity index (χ2n) is 8.23. The summed E-state index contributed by atoms with van der Waals surface area (Å²) in [5.41, 5.74) is 1.21. The fourth-order valence-corrected chi connectivity index (χ4v) is 4.56. The van der Waals surface area contributed by atoms with Crippen LogP contribution in [-0.2, 0) is 14.3 Å². The van der Waals surface area contributed by atoms with Crippen LogP contribution in [0.1, 0.15) is 24.8 Å². The molecule has 1 unspecified atom stereocenters. The summed E-state index contributed by atoms with van der Waals surface area (Å²) in [6.07, 6.45) is 6.49. The van der Waals surface area contributed by atoms with E-state index in [4.69, 9.17) is 4.74 Å². The molecular weight excluding hydrogens is 366 g/mol. The molecule has 0 spiro atoms. The molecule has 0 aliphatic carbocycles. The van der Waals surface area contributed by atoms with Crippen molar-refractivity contribution in [2.45, 2.75) is 25.3 Å². The van der Waals surface area contributed by atoms with Crippen LogP contribution in [0.25, 0.3) is 6.08 Å². The first-order chi connectivity index (χ1) is 14.2. The van der Waals surface area contributed by atoms with E-state index in [0.29, 0.717) is 26.2 Å². The van der Waals surface area contributed by atoms with Gasteiger partial charge in [0.1, 0.15) is 0 Å². The summed E-state index contributed by atoms with van der Waals surface area (Å²) >= 11 is 0. The van der Waals surface area contributed by atoms with Crippen molar-refractivity contribution in [3.8, 4) is 0 Å². The molecule has 1 aromatic rings. The molecule has 1 atom stereocenters. The van der Waals surface area contributed by atoms with Gasteiger partial charge in [0, 0.05) is 64.9 Å². The maximum absolute atomic E-state index is 13.0. The van der Waals surface area contributed by atoms with Crippen molar-refractivity contribution in [3.05, 3.63) is 42.0 Å². The topological polar surface area (TPSA) is 53.1 Å². The summed E-state index contributed by atoms with van der Waals surface area (Å²) in [5.74, 6) is 0.127. The summed E-state index contributed by atoms with van der Waals surface area (Å²) in [5, 5.41) is 0. The maximum Gasteiger partial charge on any atom is 0.228 e. The number of ether oxygens (including phenoxy) is 1. The maximum atomic E-state index is 13.0. The minimum absolute atomic E-state index is 0.139. The fourth-order valence-electron chi connectivity index (χ4n) is 4.56. The van der Waals surface area contributed by atoms with Gasteiger partial charge in [-0.25, -0.2) is 0 Å². The van der Waals surface area contributed by atoms with Crippen LogP contribution in [0.2, 0.25) is 0 Å². The third kappa shape index (κ3) is 5.06. The van der Waals surface area contributed by atoms with E-state index in [1.54, 1.807) is 0 Å². The van der Waals surface area contributed by atoms with Gasteiger partial charge in [0.05, 0.1) is 5.92 Å². The number of hydrogen-bond donors (Lipinski definition) is 0. The van der Waals surface area contributed by atoms with Crippen LogP contribution in [0.4, 0.5) is 0 Å². The Morgan fingerprint density at radius 3 is 2.52 bits per heavy atom. The third-order valence-corrected chi connectivity index (χ3v) is 6.30. The lowest BCUT2D eigenvalue weighted by Crippen LogP contribution is -2.50. The Kier molecular flexibility index (Phi) is 6.62. The Hall–Kier alpha value is -2.18. The lowest BCUT2D eigenvalue weighted by atomic mass is 10.1. The van der Waals surface area contributed by atoms with Crippen LogP contribution in [0.3, 0.4) is 0 Å². The van der Waals surface area contributed by atoms with Gasteiger partial charge in [-0.1, -0.05) is 42.5 Å². The second kappa shape index (κ2) is 9.55. The number of hydrogen-bond acceptors (Lipinski definition) is 4. The molecule has 3 fully saturated rings. The predicted molar refractivity (Wildman–Crippen MR) is 112 cm³/mol. The normalized spacial score (nSPS) is 24.6. The van der Waals surface area contributed by atoms with Crippen LogP contribution >= 0.6 is 0 Å². The Morgan fingerprint density at radius 2 is 1.79 bits per heavy atom. The van der Waals surface area contributed by atoms with E-state index < -0.39 is 0 Å². The monoisotopic (exact) mass is 397 g/mol. The summed E-state index contributed by atoms with van der Waals surface area (Å²) in [4.78, 5) is 31.7. The number of benzene rings is 1. The molecule has 3 aliphatic rings. The highest BCUT2D eigenvalue weighted by Crippen LogP contribution is 2.26. The van der Waals surface area contributed by atoms with Crippen molar-refractivity contribution >= 4 is 17.9 Å². The van der Waals surface area contributed by atoms with E-state index in [1.807, 2.05) is 28.0 Å². The lowest BCUT2D eigenvalue weighted by molar-refractivity contribution is -0.137. The molecule has 4 rings (SSSR count). The fraction of sp³-hybridized carbons (Fsp3) is 0.565. The summed E-state index contributed by atoms with van der Waals surface area (Å²) < 4.78 is 5.40. The van der Waals surface area contributed by atoms with Gasteiger partial charge < -0.3 is 14.5 Å². The highest BCUT2D eigenvalue weighted by molar-refractivity contribution is 5.89. The van der Waals surface area contributed by atoms with E-state index in [2.05, 4.69) is 29.2 Å². The van der Waals surface area contributed by atoms with Crippen molar-refractivity contribution in [2.24, 2.45) is 5.92 Å². The number of carbonyl (C=O) groups excluding carboxylic acids is 2. The summed E-state index contributed by atoms with van der Waals surface area (Å²) in [6.45, 7) is 6.19. The Balaban J connectivity index is 1.23. The molecule has 156 valence electrons. The molecule has 6 nitrogen and oxygen atoms in total. The van der Waals surface area contributed by atoms with Crippen LogP contribution in [0.15, 0.2) is 36.4 Å². The molecule has 0 N–H and O–H groups in total. The highest BCUT2D eigenvalue weighted by Gasteiger charge is 2.40. The van der Waals surface area contributed by atoms with Crippen LogP contribution in [0.5, 0.6) is 0 Å². The van der Waals surface area contributed by atoms with E-state index >= 15 is 0 Å². The van der Waals surface area contributed by atoms with Gasteiger partial charge in [0.25, 0.3) is 0 Å². The van der Waals surface area contributed by atoms with Crippen molar-refractivity contribution in [1.82, 2.24) is 14.7 Å². The van der Waals surface area contributed by atoms with E-state index in [-0.39, 0.29) is 23.8 Å². The molecule has 3 saturated heterocycles. The lowest BCUT2D eigenvalue weighted by Gasteiger charge is -2.35. The van der Waals surface area contributed by atoms with Gasteiger partial charge in [-0.3, -0.25) is 14.5 Å². The number of rotatable bonds is 5. The highest BCUT2D eigenvalue weighted by atomic mass is 16.5. The zero-order chi connectivity index (χ0) is 20.1.